The Bertz CT molecular complexity index is 694. The summed E-state index contributed by atoms with van der Waals surface area (Å²) >= 11 is 0. The van der Waals surface area contributed by atoms with E-state index >= 15 is 0 Å². The molecule has 124 valence electrons. The van der Waals surface area contributed by atoms with Crippen molar-refractivity contribution in [1.82, 2.24) is 19.8 Å². The van der Waals surface area contributed by atoms with Crippen LogP contribution in [0, 0.1) is 5.92 Å². The van der Waals surface area contributed by atoms with E-state index in [4.69, 9.17) is 0 Å². The number of aromatic nitrogens is 2. The molecule has 0 radical (unpaired) electrons. The Morgan fingerprint density at radius 1 is 1.22 bits per heavy atom. The fourth-order valence-electron chi connectivity index (χ4n) is 3.31. The summed E-state index contributed by atoms with van der Waals surface area (Å²) in [7, 11) is 0. The quantitative estimate of drug-likeness (QED) is 0.748. The molecule has 2 aliphatic heterocycles. The normalized spacial score (nSPS) is 21.2. The van der Waals surface area contributed by atoms with Crippen LogP contribution in [0.1, 0.15) is 25.0 Å². The highest BCUT2D eigenvalue weighted by atomic mass is 16.2. The summed E-state index contributed by atoms with van der Waals surface area (Å²) in [6.45, 7) is 2.80. The molecule has 2 aliphatic rings. The lowest BCUT2D eigenvalue weighted by Crippen LogP contribution is -2.35. The van der Waals surface area contributed by atoms with Crippen molar-refractivity contribution in [2.75, 3.05) is 26.2 Å². The number of H-pyrrole nitrogens is 2. The summed E-state index contributed by atoms with van der Waals surface area (Å²) in [5.41, 5.74) is -0.794. The Morgan fingerprint density at radius 3 is 2.74 bits per heavy atom. The molecular weight excluding hydrogens is 300 g/mol. The van der Waals surface area contributed by atoms with Crippen LogP contribution in [-0.2, 0) is 16.0 Å². The molecule has 3 rings (SSSR count). The van der Waals surface area contributed by atoms with Gasteiger partial charge in [-0.25, -0.2) is 4.79 Å². The number of hydrogen-bond acceptors (Lipinski definition) is 4. The number of amides is 2. The second kappa shape index (κ2) is 6.39. The lowest BCUT2D eigenvalue weighted by atomic mass is 10.1. The van der Waals surface area contributed by atoms with Crippen molar-refractivity contribution < 1.29 is 9.59 Å². The minimum atomic E-state index is -0.604. The van der Waals surface area contributed by atoms with E-state index < -0.39 is 11.2 Å². The van der Waals surface area contributed by atoms with Gasteiger partial charge in [0.25, 0.3) is 5.56 Å². The monoisotopic (exact) mass is 320 g/mol. The van der Waals surface area contributed by atoms with E-state index in [0.29, 0.717) is 37.7 Å². The summed E-state index contributed by atoms with van der Waals surface area (Å²) in [6.07, 6.45) is 2.44. The molecule has 0 aromatic carbocycles. The van der Waals surface area contributed by atoms with E-state index in [0.717, 1.165) is 19.4 Å². The highest BCUT2D eigenvalue weighted by molar-refractivity contribution is 5.79. The molecule has 0 aliphatic carbocycles. The Morgan fingerprint density at radius 2 is 2.04 bits per heavy atom. The van der Waals surface area contributed by atoms with E-state index in [1.54, 1.807) is 4.90 Å². The first kappa shape index (κ1) is 15.5. The maximum atomic E-state index is 12.3. The average Bonchev–Trinajstić information content (AvgIpc) is 3.08. The van der Waals surface area contributed by atoms with Crippen LogP contribution in [-0.4, -0.2) is 57.8 Å². The number of hydrogen-bond donors (Lipinski definition) is 2. The van der Waals surface area contributed by atoms with Gasteiger partial charge in [-0.05, 0) is 18.8 Å². The second-order valence-electron chi connectivity index (χ2n) is 6.23. The highest BCUT2D eigenvalue weighted by Crippen LogP contribution is 2.21. The molecule has 1 aromatic rings. The van der Waals surface area contributed by atoms with Gasteiger partial charge in [-0.2, -0.15) is 0 Å². The molecule has 0 spiro atoms. The molecule has 2 N–H and O–H groups in total. The Kier molecular flexibility index (Phi) is 4.31. The number of carbonyl (C=O) groups is 2. The van der Waals surface area contributed by atoms with Crippen molar-refractivity contribution in [2.24, 2.45) is 5.92 Å². The topological polar surface area (TPSA) is 106 Å². The summed E-state index contributed by atoms with van der Waals surface area (Å²) < 4.78 is 0. The van der Waals surface area contributed by atoms with Gasteiger partial charge in [0.2, 0.25) is 11.8 Å². The number of rotatable bonds is 4. The van der Waals surface area contributed by atoms with E-state index in [-0.39, 0.29) is 18.2 Å². The van der Waals surface area contributed by atoms with E-state index in [9.17, 15) is 19.2 Å². The van der Waals surface area contributed by atoms with Crippen LogP contribution in [0.3, 0.4) is 0 Å². The van der Waals surface area contributed by atoms with Gasteiger partial charge < -0.3 is 14.8 Å². The number of nitrogens with zero attached hydrogens (tertiary/aromatic N) is 2. The van der Waals surface area contributed by atoms with Gasteiger partial charge in [0.05, 0.1) is 6.42 Å². The molecular formula is C15H20N4O4. The maximum absolute atomic E-state index is 12.3. The van der Waals surface area contributed by atoms with E-state index in [1.807, 2.05) is 4.90 Å². The number of aromatic amines is 2. The molecule has 2 saturated heterocycles. The summed E-state index contributed by atoms with van der Waals surface area (Å²) in [5.74, 6) is 0.400. The zero-order valence-electron chi connectivity index (χ0n) is 12.8. The van der Waals surface area contributed by atoms with Crippen molar-refractivity contribution >= 4 is 11.8 Å². The summed E-state index contributed by atoms with van der Waals surface area (Å²) in [6, 6.07) is 1.23. The van der Waals surface area contributed by atoms with Gasteiger partial charge in [0.15, 0.2) is 0 Å². The minimum absolute atomic E-state index is 0.00846. The zero-order chi connectivity index (χ0) is 16.4. The predicted octanol–water partition coefficient (Wildman–Crippen LogP) is -0.923. The van der Waals surface area contributed by atoms with Crippen LogP contribution in [0.4, 0.5) is 0 Å². The minimum Gasteiger partial charge on any atom is -0.342 e. The highest BCUT2D eigenvalue weighted by Gasteiger charge is 2.30. The fraction of sp³-hybridized carbons (Fsp3) is 0.600. The predicted molar refractivity (Wildman–Crippen MR) is 81.9 cm³/mol. The van der Waals surface area contributed by atoms with Crippen LogP contribution >= 0.6 is 0 Å². The van der Waals surface area contributed by atoms with Crippen molar-refractivity contribution in [3.8, 4) is 0 Å². The lowest BCUT2D eigenvalue weighted by Gasteiger charge is -2.21. The average molecular weight is 320 g/mol. The van der Waals surface area contributed by atoms with Gasteiger partial charge >= 0.3 is 5.69 Å². The molecule has 3 heterocycles. The van der Waals surface area contributed by atoms with Gasteiger partial charge in [0, 0.05) is 44.4 Å². The SMILES string of the molecule is O=C1CCCN1CC1CCN(C(=O)Cc2cc(=O)[nH]c(=O)[nH]2)C1. The zero-order valence-corrected chi connectivity index (χ0v) is 12.8. The van der Waals surface area contributed by atoms with Gasteiger partial charge in [0.1, 0.15) is 0 Å². The van der Waals surface area contributed by atoms with Crippen molar-refractivity contribution in [1.29, 1.82) is 0 Å². The molecule has 2 amide bonds. The van der Waals surface area contributed by atoms with Crippen LogP contribution in [0.25, 0.3) is 0 Å². The van der Waals surface area contributed by atoms with Gasteiger partial charge in [-0.3, -0.25) is 19.4 Å². The number of likely N-dealkylation sites (tertiary alicyclic amines) is 2. The molecule has 8 nitrogen and oxygen atoms in total. The molecule has 2 fully saturated rings. The molecule has 23 heavy (non-hydrogen) atoms. The first-order valence-corrected chi connectivity index (χ1v) is 7.89. The molecule has 0 saturated carbocycles. The molecule has 0 bridgehead atoms. The Balaban J connectivity index is 1.55. The summed E-state index contributed by atoms with van der Waals surface area (Å²) in [5, 5.41) is 0. The first-order valence-electron chi connectivity index (χ1n) is 7.89. The molecule has 8 heteroatoms. The van der Waals surface area contributed by atoms with E-state index in [1.165, 1.54) is 6.07 Å². The second-order valence-corrected chi connectivity index (χ2v) is 6.23. The van der Waals surface area contributed by atoms with Gasteiger partial charge in [-0.1, -0.05) is 0 Å². The maximum Gasteiger partial charge on any atom is 0.325 e. The molecule has 1 atom stereocenters. The van der Waals surface area contributed by atoms with Crippen molar-refractivity contribution in [3.05, 3.63) is 32.6 Å². The molecule has 1 aromatic heterocycles. The Labute approximate surface area is 132 Å². The lowest BCUT2D eigenvalue weighted by molar-refractivity contribution is -0.129. The first-order chi connectivity index (χ1) is 11.0. The number of nitrogens with one attached hydrogen (secondary N) is 2. The third-order valence-corrected chi connectivity index (χ3v) is 4.45. The van der Waals surface area contributed by atoms with Crippen molar-refractivity contribution in [2.45, 2.75) is 25.7 Å². The van der Waals surface area contributed by atoms with E-state index in [2.05, 4.69) is 9.97 Å². The number of carbonyl (C=O) groups excluding carboxylic acids is 2. The summed E-state index contributed by atoms with van der Waals surface area (Å²) in [4.78, 5) is 54.6. The van der Waals surface area contributed by atoms with Crippen molar-refractivity contribution in [3.63, 3.8) is 0 Å². The fourth-order valence-corrected chi connectivity index (χ4v) is 3.31. The standard InChI is InChI=1S/C15H20N4O4/c20-12-6-11(16-15(23)17-12)7-14(22)19-5-3-10(9-19)8-18-4-1-2-13(18)21/h6,10H,1-5,7-9H2,(H2,16,17,20,23). The smallest absolute Gasteiger partial charge is 0.325 e. The molecule has 1 unspecified atom stereocenters. The van der Waals surface area contributed by atoms with Crippen LogP contribution in [0.5, 0.6) is 0 Å². The van der Waals surface area contributed by atoms with Crippen LogP contribution < -0.4 is 11.2 Å². The van der Waals surface area contributed by atoms with Gasteiger partial charge in [-0.15, -0.1) is 0 Å². The largest absolute Gasteiger partial charge is 0.342 e. The van der Waals surface area contributed by atoms with Crippen LogP contribution in [0.2, 0.25) is 0 Å². The Hall–Kier alpha value is -2.38. The third kappa shape index (κ3) is 3.69. The van der Waals surface area contributed by atoms with Crippen LogP contribution in [0.15, 0.2) is 15.7 Å². The third-order valence-electron chi connectivity index (χ3n) is 4.45.